The second kappa shape index (κ2) is 5.34. The van der Waals surface area contributed by atoms with Crippen molar-refractivity contribution in [1.82, 2.24) is 0 Å². The van der Waals surface area contributed by atoms with Crippen molar-refractivity contribution in [3.63, 3.8) is 0 Å². The molecule has 0 heterocycles. The minimum Gasteiger partial charge on any atom is -0.330 e. The Bertz CT molecular complexity index is 190. The lowest BCUT2D eigenvalue weighted by Gasteiger charge is -2.35. The maximum atomic E-state index is 5.90. The van der Waals surface area contributed by atoms with E-state index in [1.807, 2.05) is 0 Å². The van der Waals surface area contributed by atoms with Crippen molar-refractivity contribution in [3.05, 3.63) is 0 Å². The van der Waals surface area contributed by atoms with Crippen LogP contribution in [0.5, 0.6) is 0 Å². The van der Waals surface area contributed by atoms with Crippen LogP contribution in [-0.4, -0.2) is 6.54 Å². The zero-order valence-corrected chi connectivity index (χ0v) is 10.3. The molecule has 0 radical (unpaired) electrons. The number of nitrogens with two attached hydrogens (primary N) is 1. The molecule has 2 saturated carbocycles. The molecule has 1 nitrogen and oxygen atoms in total. The van der Waals surface area contributed by atoms with Gasteiger partial charge >= 0.3 is 0 Å². The molecule has 2 rings (SSSR count). The standard InChI is InChI=1S/C14H27N/c1-2-11-5-3-6-12(9-11)14-8-4-7-13(14)10-15/h11-14H,2-10,15H2,1H3. The summed E-state index contributed by atoms with van der Waals surface area (Å²) in [5, 5.41) is 0. The number of hydrogen-bond acceptors (Lipinski definition) is 1. The van der Waals surface area contributed by atoms with E-state index >= 15 is 0 Å². The molecular formula is C14H27N. The van der Waals surface area contributed by atoms with Crippen LogP contribution in [0.2, 0.25) is 0 Å². The second-order valence-electron chi connectivity index (χ2n) is 5.79. The molecule has 0 amide bonds. The van der Waals surface area contributed by atoms with Gasteiger partial charge in [0.25, 0.3) is 0 Å². The van der Waals surface area contributed by atoms with Gasteiger partial charge in [0.05, 0.1) is 0 Å². The summed E-state index contributed by atoms with van der Waals surface area (Å²) in [4.78, 5) is 0. The zero-order valence-electron chi connectivity index (χ0n) is 10.3. The van der Waals surface area contributed by atoms with Gasteiger partial charge < -0.3 is 5.73 Å². The van der Waals surface area contributed by atoms with Gasteiger partial charge in [-0.2, -0.15) is 0 Å². The summed E-state index contributed by atoms with van der Waals surface area (Å²) in [5.41, 5.74) is 5.90. The van der Waals surface area contributed by atoms with Gasteiger partial charge in [0.1, 0.15) is 0 Å². The number of hydrogen-bond donors (Lipinski definition) is 1. The van der Waals surface area contributed by atoms with Gasteiger partial charge in [0, 0.05) is 0 Å². The molecule has 2 N–H and O–H groups in total. The highest BCUT2D eigenvalue weighted by molar-refractivity contribution is 4.86. The first-order chi connectivity index (χ1) is 7.35. The Morgan fingerprint density at radius 3 is 2.60 bits per heavy atom. The van der Waals surface area contributed by atoms with Gasteiger partial charge in [-0.25, -0.2) is 0 Å². The van der Waals surface area contributed by atoms with E-state index in [0.717, 1.165) is 30.2 Å². The Hall–Kier alpha value is -0.0400. The predicted molar refractivity (Wildman–Crippen MR) is 65.6 cm³/mol. The summed E-state index contributed by atoms with van der Waals surface area (Å²) >= 11 is 0. The van der Waals surface area contributed by atoms with Crippen molar-refractivity contribution in [2.45, 2.75) is 58.3 Å². The van der Waals surface area contributed by atoms with Crippen LogP contribution in [0.15, 0.2) is 0 Å². The van der Waals surface area contributed by atoms with Crippen LogP contribution >= 0.6 is 0 Å². The summed E-state index contributed by atoms with van der Waals surface area (Å²) in [7, 11) is 0. The highest BCUT2D eigenvalue weighted by Gasteiger charge is 2.34. The molecule has 0 spiro atoms. The average Bonchev–Trinajstić information content (AvgIpc) is 2.77. The Kier molecular flexibility index (Phi) is 4.07. The third-order valence-corrected chi connectivity index (χ3v) is 5.03. The molecule has 4 unspecified atom stereocenters. The fraction of sp³-hybridized carbons (Fsp3) is 1.00. The Labute approximate surface area is 94.8 Å². The second-order valence-corrected chi connectivity index (χ2v) is 5.79. The molecule has 0 saturated heterocycles. The van der Waals surface area contributed by atoms with Crippen molar-refractivity contribution in [2.75, 3.05) is 6.54 Å². The summed E-state index contributed by atoms with van der Waals surface area (Å²) < 4.78 is 0. The van der Waals surface area contributed by atoms with Crippen molar-refractivity contribution in [1.29, 1.82) is 0 Å². The molecule has 2 fully saturated rings. The van der Waals surface area contributed by atoms with Crippen molar-refractivity contribution in [3.8, 4) is 0 Å². The Balaban J connectivity index is 1.91. The van der Waals surface area contributed by atoms with Crippen LogP contribution in [0.25, 0.3) is 0 Å². The molecule has 1 heteroatoms. The molecule has 88 valence electrons. The lowest BCUT2D eigenvalue weighted by atomic mass is 9.71. The predicted octanol–water partition coefficient (Wildman–Crippen LogP) is 3.58. The van der Waals surface area contributed by atoms with Crippen LogP contribution in [0, 0.1) is 23.7 Å². The van der Waals surface area contributed by atoms with Gasteiger partial charge in [0.2, 0.25) is 0 Å². The molecule has 2 aliphatic carbocycles. The normalized spacial score (nSPS) is 42.0. The summed E-state index contributed by atoms with van der Waals surface area (Å²) in [6.07, 6.45) is 11.7. The molecule has 0 bridgehead atoms. The SMILES string of the molecule is CCC1CCCC(C2CCCC2CN)C1. The van der Waals surface area contributed by atoms with E-state index in [2.05, 4.69) is 6.92 Å². The first kappa shape index (κ1) is 11.4. The minimum atomic E-state index is 0.866. The van der Waals surface area contributed by atoms with E-state index < -0.39 is 0 Å². The van der Waals surface area contributed by atoms with Crippen LogP contribution in [-0.2, 0) is 0 Å². The lowest BCUT2D eigenvalue weighted by molar-refractivity contribution is 0.163. The molecule has 0 aromatic heterocycles. The van der Waals surface area contributed by atoms with Crippen molar-refractivity contribution < 1.29 is 0 Å². The van der Waals surface area contributed by atoms with Crippen LogP contribution in [0.3, 0.4) is 0 Å². The largest absolute Gasteiger partial charge is 0.330 e. The van der Waals surface area contributed by atoms with Gasteiger partial charge in [-0.1, -0.05) is 39.0 Å². The quantitative estimate of drug-likeness (QED) is 0.755. The molecule has 0 aromatic carbocycles. The minimum absolute atomic E-state index is 0.866. The van der Waals surface area contributed by atoms with E-state index in [1.165, 1.54) is 51.4 Å². The van der Waals surface area contributed by atoms with Gasteiger partial charge in [-0.15, -0.1) is 0 Å². The third kappa shape index (κ3) is 2.55. The first-order valence-corrected chi connectivity index (χ1v) is 7.05. The maximum Gasteiger partial charge on any atom is -0.00461 e. The molecule has 0 aromatic rings. The molecule has 0 aliphatic heterocycles. The van der Waals surface area contributed by atoms with E-state index in [4.69, 9.17) is 5.73 Å². The van der Waals surface area contributed by atoms with Crippen LogP contribution in [0.4, 0.5) is 0 Å². The van der Waals surface area contributed by atoms with E-state index in [-0.39, 0.29) is 0 Å². The van der Waals surface area contributed by atoms with E-state index in [9.17, 15) is 0 Å². The molecule has 4 atom stereocenters. The fourth-order valence-electron chi connectivity index (χ4n) is 4.07. The summed E-state index contributed by atoms with van der Waals surface area (Å²) in [5.74, 6) is 3.91. The van der Waals surface area contributed by atoms with Gasteiger partial charge in [-0.05, 0) is 49.5 Å². The Morgan fingerprint density at radius 2 is 1.87 bits per heavy atom. The molecule has 2 aliphatic rings. The summed E-state index contributed by atoms with van der Waals surface area (Å²) in [6.45, 7) is 3.31. The van der Waals surface area contributed by atoms with Gasteiger partial charge in [-0.3, -0.25) is 0 Å². The maximum absolute atomic E-state index is 5.90. The zero-order chi connectivity index (χ0) is 10.7. The lowest BCUT2D eigenvalue weighted by Crippen LogP contribution is -2.28. The highest BCUT2D eigenvalue weighted by atomic mass is 14.6. The fourth-order valence-corrected chi connectivity index (χ4v) is 4.07. The van der Waals surface area contributed by atoms with Crippen LogP contribution < -0.4 is 5.73 Å². The average molecular weight is 209 g/mol. The van der Waals surface area contributed by atoms with Gasteiger partial charge in [0.15, 0.2) is 0 Å². The van der Waals surface area contributed by atoms with Crippen molar-refractivity contribution >= 4 is 0 Å². The summed E-state index contributed by atoms with van der Waals surface area (Å²) in [6, 6.07) is 0. The number of rotatable bonds is 3. The monoisotopic (exact) mass is 209 g/mol. The van der Waals surface area contributed by atoms with E-state index in [1.54, 1.807) is 0 Å². The van der Waals surface area contributed by atoms with E-state index in [0.29, 0.717) is 0 Å². The van der Waals surface area contributed by atoms with Crippen molar-refractivity contribution in [2.24, 2.45) is 29.4 Å². The van der Waals surface area contributed by atoms with Crippen LogP contribution in [0.1, 0.15) is 58.3 Å². The first-order valence-electron chi connectivity index (χ1n) is 7.05. The highest BCUT2D eigenvalue weighted by Crippen LogP contribution is 2.44. The third-order valence-electron chi connectivity index (χ3n) is 5.03. The molecular weight excluding hydrogens is 182 g/mol. The topological polar surface area (TPSA) is 26.0 Å². The molecule has 15 heavy (non-hydrogen) atoms. The Morgan fingerprint density at radius 1 is 1.07 bits per heavy atom. The smallest absolute Gasteiger partial charge is 0.00461 e.